The van der Waals surface area contributed by atoms with E-state index in [0.29, 0.717) is 0 Å². The molecule has 0 saturated heterocycles. The maximum absolute atomic E-state index is 4.74. The first-order valence-corrected chi connectivity index (χ1v) is 5.64. The molecule has 1 N–H and O–H groups in total. The number of pyridine rings is 1. The van der Waals surface area contributed by atoms with Crippen LogP contribution in [0.2, 0.25) is 0 Å². The van der Waals surface area contributed by atoms with Gasteiger partial charge in [0.25, 0.3) is 0 Å². The second-order valence-corrected chi connectivity index (χ2v) is 4.44. The fourth-order valence-electron chi connectivity index (χ4n) is 2.14. The molecule has 1 heterocycles. The molecule has 16 heavy (non-hydrogen) atoms. The Morgan fingerprint density at radius 2 is 1.81 bits per heavy atom. The molecule has 0 saturated carbocycles. The quantitative estimate of drug-likeness (QED) is 0.831. The van der Waals surface area contributed by atoms with Gasteiger partial charge in [-0.25, -0.2) is 0 Å². The van der Waals surface area contributed by atoms with Gasteiger partial charge in [0.2, 0.25) is 0 Å². The third kappa shape index (κ3) is 1.93. The van der Waals surface area contributed by atoms with Crippen molar-refractivity contribution in [2.75, 3.05) is 7.05 Å². The van der Waals surface area contributed by atoms with Crippen molar-refractivity contribution in [1.29, 1.82) is 0 Å². The van der Waals surface area contributed by atoms with Gasteiger partial charge in [-0.05, 0) is 51.1 Å². The minimum atomic E-state index is 0.828. The Morgan fingerprint density at radius 3 is 2.50 bits per heavy atom. The standard InChI is InChI=1S/C14H18N2/c1-9-5-11(3)14-12(6-9)7-10(2)13(16-14)8-15-4/h5-7,15H,8H2,1-4H3. The zero-order valence-electron chi connectivity index (χ0n) is 10.4. The van der Waals surface area contributed by atoms with Crippen LogP contribution in [0.15, 0.2) is 18.2 Å². The van der Waals surface area contributed by atoms with E-state index in [-0.39, 0.29) is 0 Å². The summed E-state index contributed by atoms with van der Waals surface area (Å²) in [6.45, 7) is 7.20. The van der Waals surface area contributed by atoms with Gasteiger partial charge < -0.3 is 5.32 Å². The zero-order chi connectivity index (χ0) is 11.7. The molecule has 2 rings (SSSR count). The van der Waals surface area contributed by atoms with Crippen molar-refractivity contribution in [3.63, 3.8) is 0 Å². The molecule has 2 nitrogen and oxygen atoms in total. The molecular formula is C14H18N2. The van der Waals surface area contributed by atoms with Crippen LogP contribution in [0.4, 0.5) is 0 Å². The molecule has 84 valence electrons. The molecule has 0 atom stereocenters. The molecule has 1 aromatic carbocycles. The number of aromatic nitrogens is 1. The smallest absolute Gasteiger partial charge is 0.0735 e. The minimum Gasteiger partial charge on any atom is -0.314 e. The third-order valence-corrected chi connectivity index (χ3v) is 2.89. The van der Waals surface area contributed by atoms with Crippen LogP contribution in [0, 0.1) is 20.8 Å². The molecule has 2 heteroatoms. The van der Waals surface area contributed by atoms with Crippen LogP contribution < -0.4 is 5.32 Å². The summed E-state index contributed by atoms with van der Waals surface area (Å²) in [6, 6.07) is 6.62. The predicted molar refractivity (Wildman–Crippen MR) is 68.7 cm³/mol. The van der Waals surface area contributed by atoms with Crippen LogP contribution in [0.25, 0.3) is 10.9 Å². The van der Waals surface area contributed by atoms with Crippen molar-refractivity contribution in [2.24, 2.45) is 0 Å². The number of rotatable bonds is 2. The van der Waals surface area contributed by atoms with E-state index in [1.54, 1.807) is 0 Å². The highest BCUT2D eigenvalue weighted by molar-refractivity contribution is 5.83. The van der Waals surface area contributed by atoms with Gasteiger partial charge in [-0.1, -0.05) is 11.6 Å². The van der Waals surface area contributed by atoms with E-state index in [1.165, 1.54) is 22.1 Å². The lowest BCUT2D eigenvalue weighted by molar-refractivity contribution is 0.788. The van der Waals surface area contributed by atoms with E-state index in [9.17, 15) is 0 Å². The molecule has 0 amide bonds. The van der Waals surface area contributed by atoms with Gasteiger partial charge in [0, 0.05) is 11.9 Å². The fourth-order valence-corrected chi connectivity index (χ4v) is 2.14. The summed E-state index contributed by atoms with van der Waals surface area (Å²) in [5.41, 5.74) is 6.08. The number of fused-ring (bicyclic) bond motifs is 1. The summed E-state index contributed by atoms with van der Waals surface area (Å²) < 4.78 is 0. The highest BCUT2D eigenvalue weighted by Gasteiger charge is 2.05. The van der Waals surface area contributed by atoms with Gasteiger partial charge in [-0.15, -0.1) is 0 Å². The Hall–Kier alpha value is -1.41. The number of aryl methyl sites for hydroxylation is 3. The van der Waals surface area contributed by atoms with Crippen LogP contribution in [0.5, 0.6) is 0 Å². The fraction of sp³-hybridized carbons (Fsp3) is 0.357. The van der Waals surface area contributed by atoms with E-state index in [0.717, 1.165) is 17.8 Å². The monoisotopic (exact) mass is 214 g/mol. The summed E-state index contributed by atoms with van der Waals surface area (Å²) in [4.78, 5) is 4.74. The molecule has 1 aromatic heterocycles. The highest BCUT2D eigenvalue weighted by Crippen LogP contribution is 2.21. The van der Waals surface area contributed by atoms with Crippen LogP contribution >= 0.6 is 0 Å². The summed E-state index contributed by atoms with van der Waals surface area (Å²) in [7, 11) is 1.95. The van der Waals surface area contributed by atoms with E-state index in [1.807, 2.05) is 7.05 Å². The van der Waals surface area contributed by atoms with Gasteiger partial charge in [0.15, 0.2) is 0 Å². The van der Waals surface area contributed by atoms with Crippen molar-refractivity contribution in [1.82, 2.24) is 10.3 Å². The van der Waals surface area contributed by atoms with Gasteiger partial charge >= 0.3 is 0 Å². The summed E-state index contributed by atoms with van der Waals surface area (Å²) in [5.74, 6) is 0. The largest absolute Gasteiger partial charge is 0.314 e. The van der Waals surface area contributed by atoms with Crippen LogP contribution in [-0.4, -0.2) is 12.0 Å². The molecule has 0 spiro atoms. The van der Waals surface area contributed by atoms with Gasteiger partial charge in [-0.2, -0.15) is 0 Å². The molecular weight excluding hydrogens is 196 g/mol. The summed E-state index contributed by atoms with van der Waals surface area (Å²) >= 11 is 0. The van der Waals surface area contributed by atoms with E-state index >= 15 is 0 Å². The van der Waals surface area contributed by atoms with Crippen molar-refractivity contribution in [3.8, 4) is 0 Å². The minimum absolute atomic E-state index is 0.828. The number of nitrogens with zero attached hydrogens (tertiary/aromatic N) is 1. The Balaban J connectivity index is 2.69. The second-order valence-electron chi connectivity index (χ2n) is 4.44. The Kier molecular flexibility index (Phi) is 2.92. The molecule has 2 aromatic rings. The van der Waals surface area contributed by atoms with E-state index < -0.39 is 0 Å². The zero-order valence-corrected chi connectivity index (χ0v) is 10.4. The number of hydrogen-bond acceptors (Lipinski definition) is 2. The van der Waals surface area contributed by atoms with Crippen molar-refractivity contribution in [2.45, 2.75) is 27.3 Å². The van der Waals surface area contributed by atoms with Gasteiger partial charge in [0.1, 0.15) is 0 Å². The van der Waals surface area contributed by atoms with E-state index in [4.69, 9.17) is 4.98 Å². The highest BCUT2D eigenvalue weighted by atomic mass is 14.9. The molecule has 0 unspecified atom stereocenters. The van der Waals surface area contributed by atoms with Crippen molar-refractivity contribution in [3.05, 3.63) is 40.6 Å². The van der Waals surface area contributed by atoms with E-state index in [2.05, 4.69) is 44.3 Å². The second kappa shape index (κ2) is 4.22. The summed E-state index contributed by atoms with van der Waals surface area (Å²) in [6.07, 6.45) is 0. The molecule has 0 aliphatic heterocycles. The third-order valence-electron chi connectivity index (χ3n) is 2.89. The van der Waals surface area contributed by atoms with Gasteiger partial charge in [-0.3, -0.25) is 4.98 Å². The molecule has 0 aliphatic rings. The SMILES string of the molecule is CNCc1nc2c(C)cc(C)cc2cc1C. The molecule has 0 radical (unpaired) electrons. The maximum Gasteiger partial charge on any atom is 0.0735 e. The first-order valence-electron chi connectivity index (χ1n) is 5.64. The Labute approximate surface area is 96.7 Å². The van der Waals surface area contributed by atoms with Gasteiger partial charge in [0.05, 0.1) is 11.2 Å². The number of benzene rings is 1. The average Bonchev–Trinajstić information content (AvgIpc) is 2.20. The van der Waals surface area contributed by atoms with Crippen LogP contribution in [-0.2, 0) is 6.54 Å². The average molecular weight is 214 g/mol. The lowest BCUT2D eigenvalue weighted by Crippen LogP contribution is -2.09. The normalized spacial score (nSPS) is 11.0. The first kappa shape index (κ1) is 11.1. The van der Waals surface area contributed by atoms with Crippen LogP contribution in [0.1, 0.15) is 22.4 Å². The van der Waals surface area contributed by atoms with Crippen molar-refractivity contribution >= 4 is 10.9 Å². The molecule has 0 aliphatic carbocycles. The lowest BCUT2D eigenvalue weighted by Gasteiger charge is -2.09. The Bertz CT molecular complexity index is 530. The lowest BCUT2D eigenvalue weighted by atomic mass is 10.0. The number of hydrogen-bond donors (Lipinski definition) is 1. The molecule has 0 bridgehead atoms. The summed E-state index contributed by atoms with van der Waals surface area (Å²) in [5, 5.41) is 4.40. The van der Waals surface area contributed by atoms with Crippen molar-refractivity contribution < 1.29 is 0 Å². The first-order chi connectivity index (χ1) is 7.61. The molecule has 0 fully saturated rings. The predicted octanol–water partition coefficient (Wildman–Crippen LogP) is 2.88. The Morgan fingerprint density at radius 1 is 1.06 bits per heavy atom. The number of nitrogens with one attached hydrogen (secondary N) is 1. The maximum atomic E-state index is 4.74. The topological polar surface area (TPSA) is 24.9 Å². The van der Waals surface area contributed by atoms with Crippen LogP contribution in [0.3, 0.4) is 0 Å².